The quantitative estimate of drug-likeness (QED) is 0.499. The molecule has 1 aliphatic heterocycles. The second kappa shape index (κ2) is 8.13. The maximum atomic E-state index is 13.3. The van der Waals surface area contributed by atoms with Gasteiger partial charge in [0.05, 0.1) is 10.9 Å². The van der Waals surface area contributed by atoms with E-state index in [-0.39, 0.29) is 17.1 Å². The molecule has 1 N–H and O–H groups in total. The first kappa shape index (κ1) is 23.0. The molecule has 0 bridgehead atoms. The van der Waals surface area contributed by atoms with Crippen molar-refractivity contribution in [2.75, 3.05) is 11.4 Å². The van der Waals surface area contributed by atoms with Crippen molar-refractivity contribution in [3.8, 4) is 11.8 Å². The van der Waals surface area contributed by atoms with Gasteiger partial charge in [0.2, 0.25) is 0 Å². The molecule has 0 radical (unpaired) electrons. The van der Waals surface area contributed by atoms with E-state index in [1.54, 1.807) is 30.3 Å². The van der Waals surface area contributed by atoms with E-state index in [0.717, 1.165) is 17.8 Å². The molecule has 1 aliphatic rings. The van der Waals surface area contributed by atoms with Crippen LogP contribution in [0.15, 0.2) is 53.4 Å². The summed E-state index contributed by atoms with van der Waals surface area (Å²) in [6.45, 7) is 1.62. The van der Waals surface area contributed by atoms with Gasteiger partial charge < -0.3 is 10.0 Å². The molecule has 0 saturated heterocycles. The fourth-order valence-corrected chi connectivity index (χ4v) is 4.37. The Morgan fingerprint density at radius 3 is 2.23 bits per heavy atom. The van der Waals surface area contributed by atoms with Crippen molar-refractivity contribution in [1.29, 1.82) is 0 Å². The molecule has 0 aromatic heterocycles. The fraction of sp³-hybridized carbons (Fsp3) is 0.286. The number of anilines is 1. The minimum absolute atomic E-state index is 0.0206. The smallest absolute Gasteiger partial charge is 0.369 e. The minimum Gasteiger partial charge on any atom is -0.369 e. The Kier molecular flexibility index (Phi) is 6.04. The predicted molar refractivity (Wildman–Crippen MR) is 104 cm³/mol. The van der Waals surface area contributed by atoms with Crippen LogP contribution in [0.5, 0.6) is 0 Å². The number of fused-ring (bicyclic) bond motifs is 1. The van der Waals surface area contributed by atoms with Gasteiger partial charge in [0.15, 0.2) is 0 Å². The molecule has 1 amide bonds. The number of rotatable bonds is 2. The van der Waals surface area contributed by atoms with Crippen LogP contribution in [0.2, 0.25) is 0 Å². The van der Waals surface area contributed by atoms with E-state index < -0.39 is 34.7 Å². The highest BCUT2D eigenvalue weighted by Crippen LogP contribution is 2.52. The van der Waals surface area contributed by atoms with E-state index in [1.165, 1.54) is 11.8 Å². The number of carbonyl (C=O) groups is 1. The number of carbonyl (C=O) groups excluding carboxylic acids is 1. The Morgan fingerprint density at radius 1 is 1.06 bits per heavy atom. The normalized spacial score (nSPS) is 16.9. The van der Waals surface area contributed by atoms with Gasteiger partial charge in [-0.2, -0.15) is 26.3 Å². The van der Waals surface area contributed by atoms with Crippen molar-refractivity contribution >= 4 is 23.4 Å². The number of thioether (sulfide) groups is 1. The lowest BCUT2D eigenvalue weighted by molar-refractivity contribution is -0.376. The number of hydrogen-bond acceptors (Lipinski definition) is 3. The molecular weight excluding hydrogens is 444 g/mol. The first-order valence-electron chi connectivity index (χ1n) is 8.86. The van der Waals surface area contributed by atoms with Crippen molar-refractivity contribution in [3.63, 3.8) is 0 Å². The lowest BCUT2D eigenvalue weighted by Crippen LogP contribution is -2.54. The molecule has 1 heterocycles. The molecule has 0 saturated carbocycles. The van der Waals surface area contributed by atoms with Gasteiger partial charge in [0, 0.05) is 22.6 Å². The molecular formula is C21H15F6NO2S. The third-order valence-corrected chi connectivity index (χ3v) is 5.81. The molecule has 10 heteroatoms. The topological polar surface area (TPSA) is 40.5 Å². The van der Waals surface area contributed by atoms with Crippen LogP contribution >= 0.6 is 11.8 Å². The molecule has 0 aliphatic carbocycles. The Hall–Kier alpha value is -2.64. The van der Waals surface area contributed by atoms with Crippen LogP contribution in [0.4, 0.5) is 32.0 Å². The molecule has 1 unspecified atom stereocenters. The summed E-state index contributed by atoms with van der Waals surface area (Å²) in [7, 11) is 0. The highest BCUT2D eigenvalue weighted by Gasteiger charge is 2.71. The highest BCUT2D eigenvalue weighted by atomic mass is 32.2. The van der Waals surface area contributed by atoms with Crippen LogP contribution in [-0.4, -0.2) is 35.2 Å². The number of amides is 1. The molecule has 2 aromatic carbocycles. The summed E-state index contributed by atoms with van der Waals surface area (Å²) in [5.74, 6) is 4.96. The SMILES string of the molecule is CC#CC1CN(C(=O)c2ccccc2)c2ccc(C(O)(C(F)(F)F)C(F)(F)F)cc2S1. The summed E-state index contributed by atoms with van der Waals surface area (Å²) >= 11 is 0.936. The fourth-order valence-electron chi connectivity index (χ4n) is 3.16. The first-order chi connectivity index (χ1) is 14.4. The van der Waals surface area contributed by atoms with Crippen LogP contribution < -0.4 is 4.90 Å². The van der Waals surface area contributed by atoms with Gasteiger partial charge in [0.1, 0.15) is 0 Å². The Bertz CT molecular complexity index is 1030. The molecule has 1 atom stereocenters. The Morgan fingerprint density at radius 2 is 1.68 bits per heavy atom. The number of benzene rings is 2. The lowest BCUT2D eigenvalue weighted by atomic mass is 9.92. The summed E-state index contributed by atoms with van der Waals surface area (Å²) in [4.78, 5) is 14.2. The van der Waals surface area contributed by atoms with Crippen molar-refractivity contribution in [2.24, 2.45) is 0 Å². The van der Waals surface area contributed by atoms with E-state index >= 15 is 0 Å². The summed E-state index contributed by atoms with van der Waals surface area (Å²) in [5, 5.41) is 9.13. The Balaban J connectivity index is 2.14. The number of nitrogens with zero attached hydrogens (tertiary/aromatic N) is 1. The molecule has 31 heavy (non-hydrogen) atoms. The molecule has 2 aromatic rings. The van der Waals surface area contributed by atoms with Crippen LogP contribution in [0.1, 0.15) is 22.8 Å². The number of hydrogen-bond donors (Lipinski definition) is 1. The van der Waals surface area contributed by atoms with Gasteiger partial charge in [-0.1, -0.05) is 30.2 Å². The standard InChI is InChI=1S/C21H15F6NO2S/c1-2-6-15-12-28(18(29)13-7-4-3-5-8-13)16-10-9-14(11-17(16)31-15)19(30,20(22,23)24)21(25,26)27/h3-5,7-11,15,30H,12H2,1H3. The van der Waals surface area contributed by atoms with Crippen LogP contribution in [0.25, 0.3) is 0 Å². The third-order valence-electron chi connectivity index (χ3n) is 4.68. The van der Waals surface area contributed by atoms with Crippen molar-refractivity contribution in [3.05, 3.63) is 59.7 Å². The molecule has 0 spiro atoms. The molecule has 3 nitrogen and oxygen atoms in total. The predicted octanol–water partition coefficient (Wildman–Crippen LogP) is 5.14. The van der Waals surface area contributed by atoms with Crippen LogP contribution in [-0.2, 0) is 5.60 Å². The zero-order chi connectivity index (χ0) is 23.0. The van der Waals surface area contributed by atoms with Crippen LogP contribution in [0, 0.1) is 11.8 Å². The molecule has 164 valence electrons. The maximum Gasteiger partial charge on any atom is 0.430 e. The second-order valence-electron chi connectivity index (χ2n) is 6.67. The van der Waals surface area contributed by atoms with Gasteiger partial charge in [-0.3, -0.25) is 4.79 Å². The van der Waals surface area contributed by atoms with Gasteiger partial charge in [0.25, 0.3) is 11.5 Å². The van der Waals surface area contributed by atoms with Crippen LogP contribution in [0.3, 0.4) is 0 Å². The summed E-state index contributed by atoms with van der Waals surface area (Å²) in [6, 6.07) is 10.2. The largest absolute Gasteiger partial charge is 0.430 e. The minimum atomic E-state index is -6.00. The summed E-state index contributed by atoms with van der Waals surface area (Å²) in [5.41, 5.74) is -5.98. The van der Waals surface area contributed by atoms with Crippen molar-refractivity contribution in [1.82, 2.24) is 0 Å². The summed E-state index contributed by atoms with van der Waals surface area (Å²) in [6.07, 6.45) is -12.0. The second-order valence-corrected chi connectivity index (χ2v) is 7.92. The van der Waals surface area contributed by atoms with E-state index in [1.807, 2.05) is 0 Å². The average molecular weight is 459 g/mol. The van der Waals surface area contributed by atoms with Gasteiger partial charge in [-0.25, -0.2) is 0 Å². The zero-order valence-electron chi connectivity index (χ0n) is 15.9. The van der Waals surface area contributed by atoms with E-state index in [9.17, 15) is 36.2 Å². The highest BCUT2D eigenvalue weighted by molar-refractivity contribution is 8.00. The third kappa shape index (κ3) is 4.12. The number of halogens is 6. The number of alkyl halides is 6. The summed E-state index contributed by atoms with van der Waals surface area (Å²) < 4.78 is 79.7. The van der Waals surface area contributed by atoms with Gasteiger partial charge >= 0.3 is 12.4 Å². The van der Waals surface area contributed by atoms with Crippen molar-refractivity contribution < 1.29 is 36.2 Å². The lowest BCUT2D eigenvalue weighted by Gasteiger charge is -2.36. The average Bonchev–Trinajstić information content (AvgIpc) is 2.70. The van der Waals surface area contributed by atoms with E-state index in [2.05, 4.69) is 11.8 Å². The Labute approximate surface area is 178 Å². The van der Waals surface area contributed by atoms with E-state index in [4.69, 9.17) is 0 Å². The van der Waals surface area contributed by atoms with Crippen molar-refractivity contribution in [2.45, 2.75) is 35.0 Å². The van der Waals surface area contributed by atoms with Gasteiger partial charge in [-0.15, -0.1) is 17.7 Å². The molecule has 0 fully saturated rings. The number of aliphatic hydroxyl groups is 1. The van der Waals surface area contributed by atoms with Gasteiger partial charge in [-0.05, 0) is 31.2 Å². The first-order valence-corrected chi connectivity index (χ1v) is 9.74. The monoisotopic (exact) mass is 459 g/mol. The zero-order valence-corrected chi connectivity index (χ0v) is 16.7. The molecule has 3 rings (SSSR count). The van der Waals surface area contributed by atoms with E-state index in [0.29, 0.717) is 17.7 Å². The maximum absolute atomic E-state index is 13.3.